The van der Waals surface area contributed by atoms with Crippen LogP contribution >= 0.6 is 0 Å². The number of ether oxygens (including phenoxy) is 1. The molecule has 0 heterocycles. The Hall–Kier alpha value is -0.250. The summed E-state index contributed by atoms with van der Waals surface area (Å²) in [6, 6.07) is 0. The van der Waals surface area contributed by atoms with Crippen LogP contribution in [0.2, 0.25) is 0 Å². The standard InChI is InChI=1S/C20H33F3O/c1-12-3-5-13(6-4-12)7-8-15-11-14-9-10-16(24-2)19(22)17(14)20(23)18(15)21/h12-20H,3-11H2,1-2H3. The minimum Gasteiger partial charge on any atom is -0.378 e. The molecule has 1 nitrogen and oxygen atoms in total. The molecule has 140 valence electrons. The van der Waals surface area contributed by atoms with Crippen LogP contribution in [0.4, 0.5) is 13.2 Å². The highest BCUT2D eigenvalue weighted by Crippen LogP contribution is 2.48. The minimum atomic E-state index is -1.66. The second-order valence-electron chi connectivity index (χ2n) is 8.72. The molecule has 0 saturated heterocycles. The number of alkyl halides is 3. The van der Waals surface area contributed by atoms with Crippen molar-refractivity contribution >= 4 is 0 Å². The quantitative estimate of drug-likeness (QED) is 0.637. The van der Waals surface area contributed by atoms with Crippen LogP contribution in [0, 0.1) is 29.6 Å². The van der Waals surface area contributed by atoms with Gasteiger partial charge in [-0.2, -0.15) is 0 Å². The highest BCUT2D eigenvalue weighted by molar-refractivity contribution is 5.00. The van der Waals surface area contributed by atoms with E-state index in [1.54, 1.807) is 0 Å². The van der Waals surface area contributed by atoms with Crippen LogP contribution in [0.25, 0.3) is 0 Å². The van der Waals surface area contributed by atoms with Crippen LogP contribution in [0.15, 0.2) is 0 Å². The first-order chi connectivity index (χ1) is 11.5. The highest BCUT2D eigenvalue weighted by Gasteiger charge is 2.52. The zero-order valence-electron chi connectivity index (χ0n) is 15.1. The van der Waals surface area contributed by atoms with Crippen LogP contribution in [-0.4, -0.2) is 31.7 Å². The summed E-state index contributed by atoms with van der Waals surface area (Å²) in [5.74, 6) is 0.475. The van der Waals surface area contributed by atoms with Crippen molar-refractivity contribution < 1.29 is 17.9 Å². The predicted octanol–water partition coefficient (Wildman–Crippen LogP) is 5.67. The van der Waals surface area contributed by atoms with E-state index in [1.165, 1.54) is 32.8 Å². The molecular formula is C20H33F3O. The van der Waals surface area contributed by atoms with Gasteiger partial charge in [0, 0.05) is 13.0 Å². The van der Waals surface area contributed by atoms with Gasteiger partial charge in [0.15, 0.2) is 0 Å². The van der Waals surface area contributed by atoms with E-state index < -0.39 is 30.5 Å². The van der Waals surface area contributed by atoms with Gasteiger partial charge in [0.1, 0.15) is 18.5 Å². The van der Waals surface area contributed by atoms with Crippen molar-refractivity contribution in [1.82, 2.24) is 0 Å². The molecule has 7 atom stereocenters. The summed E-state index contributed by atoms with van der Waals surface area (Å²) in [7, 11) is 1.47. The van der Waals surface area contributed by atoms with Crippen LogP contribution in [-0.2, 0) is 4.74 Å². The monoisotopic (exact) mass is 346 g/mol. The fourth-order valence-electron chi connectivity index (χ4n) is 5.53. The van der Waals surface area contributed by atoms with Crippen molar-refractivity contribution in [3.05, 3.63) is 0 Å². The lowest BCUT2D eigenvalue weighted by atomic mass is 9.63. The van der Waals surface area contributed by atoms with E-state index in [1.807, 2.05) is 0 Å². The first kappa shape index (κ1) is 18.5. The molecule has 3 saturated carbocycles. The zero-order chi connectivity index (χ0) is 17.3. The lowest BCUT2D eigenvalue weighted by Gasteiger charge is -2.47. The maximum absolute atomic E-state index is 14.7. The van der Waals surface area contributed by atoms with Crippen LogP contribution in [0.1, 0.15) is 64.7 Å². The lowest BCUT2D eigenvalue weighted by molar-refractivity contribution is -0.116. The van der Waals surface area contributed by atoms with Crippen molar-refractivity contribution in [3.8, 4) is 0 Å². The van der Waals surface area contributed by atoms with Crippen LogP contribution in [0.3, 0.4) is 0 Å². The lowest BCUT2D eigenvalue weighted by Crippen LogP contribution is -2.53. The van der Waals surface area contributed by atoms with Crippen molar-refractivity contribution in [3.63, 3.8) is 0 Å². The average Bonchev–Trinajstić information content (AvgIpc) is 2.58. The third-order valence-electron chi connectivity index (χ3n) is 7.20. The average molecular weight is 346 g/mol. The van der Waals surface area contributed by atoms with Crippen LogP contribution in [0.5, 0.6) is 0 Å². The smallest absolute Gasteiger partial charge is 0.137 e. The molecule has 3 fully saturated rings. The Bertz CT molecular complexity index is 394. The van der Waals surface area contributed by atoms with Gasteiger partial charge in [-0.05, 0) is 49.4 Å². The second kappa shape index (κ2) is 7.97. The third-order valence-corrected chi connectivity index (χ3v) is 7.20. The summed E-state index contributed by atoms with van der Waals surface area (Å²) in [4.78, 5) is 0. The molecule has 0 aromatic carbocycles. The van der Waals surface area contributed by atoms with Crippen molar-refractivity contribution in [1.29, 1.82) is 0 Å². The van der Waals surface area contributed by atoms with Gasteiger partial charge >= 0.3 is 0 Å². The van der Waals surface area contributed by atoms with Crippen molar-refractivity contribution in [2.45, 2.75) is 89.3 Å². The van der Waals surface area contributed by atoms with E-state index in [-0.39, 0.29) is 11.8 Å². The number of hydrogen-bond acceptors (Lipinski definition) is 1. The topological polar surface area (TPSA) is 9.23 Å². The number of fused-ring (bicyclic) bond motifs is 1. The van der Waals surface area contributed by atoms with Crippen molar-refractivity contribution in [2.24, 2.45) is 29.6 Å². The molecule has 4 heteroatoms. The van der Waals surface area contributed by atoms with Gasteiger partial charge in [-0.25, -0.2) is 13.2 Å². The van der Waals surface area contributed by atoms with E-state index in [4.69, 9.17) is 4.74 Å². The Morgan fingerprint density at radius 2 is 1.54 bits per heavy atom. The maximum atomic E-state index is 14.7. The maximum Gasteiger partial charge on any atom is 0.137 e. The van der Waals surface area contributed by atoms with Crippen LogP contribution < -0.4 is 0 Å². The molecule has 0 aromatic rings. The van der Waals surface area contributed by atoms with Gasteiger partial charge in [0.05, 0.1) is 6.10 Å². The number of halogens is 3. The van der Waals surface area contributed by atoms with Gasteiger partial charge in [-0.1, -0.05) is 39.0 Å². The number of rotatable bonds is 4. The van der Waals surface area contributed by atoms with E-state index in [2.05, 4.69) is 6.92 Å². The molecule has 0 spiro atoms. The van der Waals surface area contributed by atoms with Gasteiger partial charge in [0.25, 0.3) is 0 Å². The fourth-order valence-corrected chi connectivity index (χ4v) is 5.53. The first-order valence-corrected chi connectivity index (χ1v) is 9.96. The summed E-state index contributed by atoms with van der Waals surface area (Å²) in [5, 5.41) is 0. The summed E-state index contributed by atoms with van der Waals surface area (Å²) >= 11 is 0. The van der Waals surface area contributed by atoms with Gasteiger partial charge in [-0.3, -0.25) is 0 Å². The predicted molar refractivity (Wildman–Crippen MR) is 90.2 cm³/mol. The van der Waals surface area contributed by atoms with E-state index >= 15 is 0 Å². The summed E-state index contributed by atoms with van der Waals surface area (Å²) in [6.07, 6.45) is 3.79. The Morgan fingerprint density at radius 1 is 0.833 bits per heavy atom. The van der Waals surface area contributed by atoms with Gasteiger partial charge < -0.3 is 4.74 Å². The Morgan fingerprint density at radius 3 is 2.21 bits per heavy atom. The van der Waals surface area contributed by atoms with Gasteiger partial charge in [-0.15, -0.1) is 0 Å². The summed E-state index contributed by atoms with van der Waals surface area (Å²) < 4.78 is 49.0. The third kappa shape index (κ3) is 3.78. The molecular weight excluding hydrogens is 313 g/mol. The molecule has 0 aromatic heterocycles. The normalized spacial score (nSPS) is 49.6. The Labute approximate surface area is 144 Å². The summed E-state index contributed by atoms with van der Waals surface area (Å²) in [6.45, 7) is 2.30. The Balaban J connectivity index is 1.55. The number of methoxy groups -OCH3 is 1. The largest absolute Gasteiger partial charge is 0.378 e. The van der Waals surface area contributed by atoms with E-state index in [9.17, 15) is 13.2 Å². The Kier molecular flexibility index (Phi) is 6.16. The van der Waals surface area contributed by atoms with Crippen molar-refractivity contribution in [2.75, 3.05) is 7.11 Å². The minimum absolute atomic E-state index is 0.00946. The SMILES string of the molecule is COC1CCC2CC(CCC3CCC(C)CC3)C(F)C(F)C2C1F. The summed E-state index contributed by atoms with van der Waals surface area (Å²) in [5.41, 5.74) is 0. The fraction of sp³-hybridized carbons (Fsp3) is 1.00. The molecule has 0 radical (unpaired) electrons. The highest BCUT2D eigenvalue weighted by atomic mass is 19.2. The number of hydrogen-bond donors (Lipinski definition) is 0. The molecule has 3 rings (SSSR count). The molecule has 7 unspecified atom stereocenters. The molecule has 0 bridgehead atoms. The molecule has 3 aliphatic rings. The molecule has 24 heavy (non-hydrogen) atoms. The van der Waals surface area contributed by atoms with E-state index in [0.29, 0.717) is 18.8 Å². The molecule has 0 N–H and O–H groups in total. The zero-order valence-corrected chi connectivity index (χ0v) is 15.1. The van der Waals surface area contributed by atoms with E-state index in [0.717, 1.165) is 25.2 Å². The first-order valence-electron chi connectivity index (χ1n) is 9.96. The molecule has 0 amide bonds. The molecule has 0 aliphatic heterocycles. The molecule has 3 aliphatic carbocycles. The van der Waals surface area contributed by atoms with Gasteiger partial charge in [0.2, 0.25) is 0 Å². The second-order valence-corrected chi connectivity index (χ2v) is 8.72.